The maximum absolute atomic E-state index is 12.6. The highest BCUT2D eigenvalue weighted by Gasteiger charge is 2.25. The van der Waals surface area contributed by atoms with Crippen molar-refractivity contribution in [2.75, 3.05) is 25.5 Å². The van der Waals surface area contributed by atoms with Gasteiger partial charge in [-0.2, -0.15) is 0 Å². The van der Waals surface area contributed by atoms with E-state index < -0.39 is 0 Å². The van der Waals surface area contributed by atoms with E-state index in [1.807, 2.05) is 4.90 Å². The van der Waals surface area contributed by atoms with Crippen molar-refractivity contribution in [3.05, 3.63) is 28.8 Å². The zero-order chi connectivity index (χ0) is 14.5. The van der Waals surface area contributed by atoms with E-state index in [2.05, 4.69) is 15.9 Å². The molecular formula is C15H19BrClNO2. The normalized spacial score (nSPS) is 18.9. The third-order valence-electron chi connectivity index (χ3n) is 3.72. The first-order valence-corrected chi connectivity index (χ1v) is 8.34. The summed E-state index contributed by atoms with van der Waals surface area (Å²) in [7, 11) is 1.56. The van der Waals surface area contributed by atoms with E-state index in [4.69, 9.17) is 16.3 Å². The van der Waals surface area contributed by atoms with E-state index in [1.165, 1.54) is 6.42 Å². The SMILES string of the molecule is COc1cc(Cl)ccc1C(=O)N1CCCC(CCBr)C1. The number of halogens is 2. The smallest absolute Gasteiger partial charge is 0.257 e. The van der Waals surface area contributed by atoms with Gasteiger partial charge in [0, 0.05) is 23.4 Å². The van der Waals surface area contributed by atoms with E-state index in [-0.39, 0.29) is 5.91 Å². The number of rotatable bonds is 4. The van der Waals surface area contributed by atoms with Crippen LogP contribution in [0.4, 0.5) is 0 Å². The summed E-state index contributed by atoms with van der Waals surface area (Å²) < 4.78 is 5.27. The van der Waals surface area contributed by atoms with E-state index in [1.54, 1.807) is 25.3 Å². The molecule has 110 valence electrons. The van der Waals surface area contributed by atoms with Crippen molar-refractivity contribution < 1.29 is 9.53 Å². The number of hydrogen-bond acceptors (Lipinski definition) is 2. The van der Waals surface area contributed by atoms with Crippen LogP contribution in [0.1, 0.15) is 29.6 Å². The number of hydrogen-bond donors (Lipinski definition) is 0. The molecule has 1 amide bonds. The highest BCUT2D eigenvalue weighted by atomic mass is 79.9. The molecule has 20 heavy (non-hydrogen) atoms. The molecule has 5 heteroatoms. The topological polar surface area (TPSA) is 29.5 Å². The second kappa shape index (κ2) is 7.32. The maximum Gasteiger partial charge on any atom is 0.257 e. The average molecular weight is 361 g/mol. The summed E-state index contributed by atoms with van der Waals surface area (Å²) in [6.07, 6.45) is 3.38. The van der Waals surface area contributed by atoms with Gasteiger partial charge in [0.25, 0.3) is 5.91 Å². The second-order valence-electron chi connectivity index (χ2n) is 5.08. The van der Waals surface area contributed by atoms with Crippen LogP contribution in [0.3, 0.4) is 0 Å². The minimum Gasteiger partial charge on any atom is -0.496 e. The fraction of sp³-hybridized carbons (Fsp3) is 0.533. The lowest BCUT2D eigenvalue weighted by Crippen LogP contribution is -2.40. The summed E-state index contributed by atoms with van der Waals surface area (Å²) in [6, 6.07) is 5.17. The molecule has 1 aliphatic heterocycles. The molecule has 1 heterocycles. The van der Waals surface area contributed by atoms with Gasteiger partial charge in [0.05, 0.1) is 12.7 Å². The van der Waals surface area contributed by atoms with Crippen molar-refractivity contribution in [3.8, 4) is 5.75 Å². The first-order chi connectivity index (χ1) is 9.65. The molecule has 1 aliphatic rings. The van der Waals surface area contributed by atoms with Gasteiger partial charge in [0.2, 0.25) is 0 Å². The van der Waals surface area contributed by atoms with E-state index in [9.17, 15) is 4.79 Å². The fourth-order valence-electron chi connectivity index (χ4n) is 2.65. The molecule has 1 aromatic carbocycles. The molecule has 2 rings (SSSR count). The molecule has 0 radical (unpaired) electrons. The number of nitrogens with zero attached hydrogens (tertiary/aromatic N) is 1. The van der Waals surface area contributed by atoms with E-state index >= 15 is 0 Å². The zero-order valence-electron chi connectivity index (χ0n) is 11.6. The van der Waals surface area contributed by atoms with Crippen molar-refractivity contribution in [1.82, 2.24) is 4.90 Å². The standard InChI is InChI=1S/C15H19BrClNO2/c1-20-14-9-12(17)4-5-13(14)15(19)18-8-2-3-11(10-18)6-7-16/h4-5,9,11H,2-3,6-8,10H2,1H3. The molecular weight excluding hydrogens is 342 g/mol. The number of benzene rings is 1. The van der Waals surface area contributed by atoms with Crippen LogP contribution in [-0.4, -0.2) is 36.3 Å². The number of ether oxygens (including phenoxy) is 1. The predicted molar refractivity (Wildman–Crippen MR) is 85.0 cm³/mol. The lowest BCUT2D eigenvalue weighted by molar-refractivity contribution is 0.0668. The molecule has 0 bridgehead atoms. The second-order valence-corrected chi connectivity index (χ2v) is 6.31. The summed E-state index contributed by atoms with van der Waals surface area (Å²) in [5, 5.41) is 1.57. The quantitative estimate of drug-likeness (QED) is 0.760. The molecule has 0 N–H and O–H groups in total. The number of carbonyl (C=O) groups is 1. The Bertz CT molecular complexity index is 479. The van der Waals surface area contributed by atoms with Crippen molar-refractivity contribution in [1.29, 1.82) is 0 Å². The first kappa shape index (κ1) is 15.6. The van der Waals surface area contributed by atoms with Crippen LogP contribution in [0, 0.1) is 5.92 Å². The fourth-order valence-corrected chi connectivity index (χ4v) is 3.46. The summed E-state index contributed by atoms with van der Waals surface area (Å²) >= 11 is 9.42. The summed E-state index contributed by atoms with van der Waals surface area (Å²) in [4.78, 5) is 14.6. The van der Waals surface area contributed by atoms with Crippen molar-refractivity contribution in [2.24, 2.45) is 5.92 Å². The van der Waals surface area contributed by atoms with Gasteiger partial charge in [0.15, 0.2) is 0 Å². The van der Waals surface area contributed by atoms with Gasteiger partial charge in [-0.3, -0.25) is 4.79 Å². The molecule has 1 atom stereocenters. The monoisotopic (exact) mass is 359 g/mol. The van der Waals surface area contributed by atoms with Crippen LogP contribution in [0.15, 0.2) is 18.2 Å². The highest BCUT2D eigenvalue weighted by molar-refractivity contribution is 9.09. The molecule has 0 saturated carbocycles. The van der Waals surface area contributed by atoms with Crippen LogP contribution in [0.25, 0.3) is 0 Å². The summed E-state index contributed by atoms with van der Waals surface area (Å²) in [5.74, 6) is 1.17. The predicted octanol–water partition coefficient (Wildman–Crippen LogP) is 3.99. The van der Waals surface area contributed by atoms with Gasteiger partial charge in [-0.1, -0.05) is 27.5 Å². The minimum absolute atomic E-state index is 0.0396. The third kappa shape index (κ3) is 3.67. The highest BCUT2D eigenvalue weighted by Crippen LogP contribution is 2.27. The van der Waals surface area contributed by atoms with Crippen LogP contribution < -0.4 is 4.74 Å². The lowest BCUT2D eigenvalue weighted by Gasteiger charge is -2.33. The van der Waals surface area contributed by atoms with Gasteiger partial charge < -0.3 is 9.64 Å². The van der Waals surface area contributed by atoms with Gasteiger partial charge in [-0.15, -0.1) is 0 Å². The number of alkyl halides is 1. The Morgan fingerprint density at radius 1 is 1.55 bits per heavy atom. The Balaban J connectivity index is 2.14. The summed E-state index contributed by atoms with van der Waals surface area (Å²) in [5.41, 5.74) is 0.594. The maximum atomic E-state index is 12.6. The Morgan fingerprint density at radius 2 is 2.35 bits per heavy atom. The number of carbonyl (C=O) groups excluding carboxylic acids is 1. The molecule has 0 spiro atoms. The minimum atomic E-state index is 0.0396. The average Bonchev–Trinajstić information content (AvgIpc) is 2.47. The lowest BCUT2D eigenvalue weighted by atomic mass is 9.95. The molecule has 1 aromatic rings. The van der Waals surface area contributed by atoms with Gasteiger partial charge >= 0.3 is 0 Å². The zero-order valence-corrected chi connectivity index (χ0v) is 13.9. The summed E-state index contributed by atoms with van der Waals surface area (Å²) in [6.45, 7) is 1.65. The van der Waals surface area contributed by atoms with E-state index in [0.717, 1.165) is 31.3 Å². The molecule has 1 fully saturated rings. The van der Waals surface area contributed by atoms with Gasteiger partial charge in [0.1, 0.15) is 5.75 Å². The van der Waals surface area contributed by atoms with Crippen molar-refractivity contribution >= 4 is 33.4 Å². The third-order valence-corrected chi connectivity index (χ3v) is 4.41. The largest absolute Gasteiger partial charge is 0.496 e. The van der Waals surface area contributed by atoms with Crippen LogP contribution in [-0.2, 0) is 0 Å². The Kier molecular flexibility index (Phi) is 5.73. The van der Waals surface area contributed by atoms with Crippen molar-refractivity contribution in [2.45, 2.75) is 19.3 Å². The molecule has 3 nitrogen and oxygen atoms in total. The molecule has 1 saturated heterocycles. The first-order valence-electron chi connectivity index (χ1n) is 6.84. The molecule has 0 aromatic heterocycles. The van der Waals surface area contributed by atoms with Crippen LogP contribution in [0.2, 0.25) is 5.02 Å². The van der Waals surface area contributed by atoms with E-state index in [0.29, 0.717) is 22.3 Å². The van der Waals surface area contributed by atoms with Crippen molar-refractivity contribution in [3.63, 3.8) is 0 Å². The van der Waals surface area contributed by atoms with Gasteiger partial charge in [-0.05, 0) is 43.4 Å². The van der Waals surface area contributed by atoms with Crippen LogP contribution >= 0.6 is 27.5 Å². The number of methoxy groups -OCH3 is 1. The Morgan fingerprint density at radius 3 is 3.05 bits per heavy atom. The van der Waals surface area contributed by atoms with Gasteiger partial charge in [-0.25, -0.2) is 0 Å². The number of likely N-dealkylation sites (tertiary alicyclic amines) is 1. The van der Waals surface area contributed by atoms with Crippen LogP contribution in [0.5, 0.6) is 5.75 Å². The number of amides is 1. The molecule has 0 aliphatic carbocycles. The molecule has 1 unspecified atom stereocenters. The Labute approximate surface area is 133 Å². The number of piperidine rings is 1. The Hall–Kier alpha value is -0.740.